The summed E-state index contributed by atoms with van der Waals surface area (Å²) in [7, 11) is 3.05. The van der Waals surface area contributed by atoms with Gasteiger partial charge in [-0.15, -0.1) is 0 Å². The summed E-state index contributed by atoms with van der Waals surface area (Å²) in [4.78, 5) is 29.1. The van der Waals surface area contributed by atoms with Crippen LogP contribution in [0, 0.1) is 5.82 Å². The van der Waals surface area contributed by atoms with Gasteiger partial charge in [0.25, 0.3) is 5.91 Å². The van der Waals surface area contributed by atoms with Crippen molar-refractivity contribution in [3.05, 3.63) is 94.3 Å². The highest BCUT2D eigenvalue weighted by Gasteiger charge is 2.46. The highest BCUT2D eigenvalue weighted by atomic mass is 19.1. The molecule has 2 amide bonds. The molecule has 0 saturated heterocycles. The summed E-state index contributed by atoms with van der Waals surface area (Å²) in [5.41, 5.74) is 3.95. The van der Waals surface area contributed by atoms with Gasteiger partial charge in [-0.3, -0.25) is 9.59 Å². The molecular formula is C27H25FN2O4. The Morgan fingerprint density at radius 3 is 2.47 bits per heavy atom. The lowest BCUT2D eigenvalue weighted by molar-refractivity contribution is -0.124. The summed E-state index contributed by atoms with van der Waals surface area (Å²) in [5, 5.41) is 3.00. The molecular weight excluding hydrogens is 435 g/mol. The van der Waals surface area contributed by atoms with Gasteiger partial charge in [-0.2, -0.15) is 0 Å². The van der Waals surface area contributed by atoms with Gasteiger partial charge in [0.05, 0.1) is 26.2 Å². The Morgan fingerprint density at radius 1 is 1.03 bits per heavy atom. The van der Waals surface area contributed by atoms with Crippen LogP contribution in [0.25, 0.3) is 0 Å². The lowest BCUT2D eigenvalue weighted by Gasteiger charge is -2.45. The van der Waals surface area contributed by atoms with E-state index in [-0.39, 0.29) is 24.2 Å². The van der Waals surface area contributed by atoms with E-state index < -0.39 is 12.0 Å². The molecule has 2 heterocycles. The SMILES string of the molecule is COc1cc2c(cc1OC)C(C(=O)NCc1ccc(F)cc1)C1c3ccccc3CCN1C2=O. The summed E-state index contributed by atoms with van der Waals surface area (Å²) < 4.78 is 24.2. The van der Waals surface area contributed by atoms with Crippen LogP contribution in [0.5, 0.6) is 11.5 Å². The summed E-state index contributed by atoms with van der Waals surface area (Å²) >= 11 is 0. The van der Waals surface area contributed by atoms with Gasteiger partial charge in [-0.25, -0.2) is 4.39 Å². The van der Waals surface area contributed by atoms with Crippen molar-refractivity contribution in [2.75, 3.05) is 20.8 Å². The van der Waals surface area contributed by atoms with Crippen molar-refractivity contribution in [3.63, 3.8) is 0 Å². The van der Waals surface area contributed by atoms with E-state index in [1.54, 1.807) is 29.2 Å². The number of amides is 2. The maximum atomic E-state index is 13.7. The highest BCUT2D eigenvalue weighted by molar-refractivity contribution is 6.02. The quantitative estimate of drug-likeness (QED) is 0.625. The zero-order valence-electron chi connectivity index (χ0n) is 19.0. The zero-order valence-corrected chi connectivity index (χ0v) is 19.0. The molecule has 2 atom stereocenters. The topological polar surface area (TPSA) is 67.9 Å². The van der Waals surface area contributed by atoms with Gasteiger partial charge in [0.1, 0.15) is 5.82 Å². The smallest absolute Gasteiger partial charge is 0.254 e. The molecule has 0 spiro atoms. The van der Waals surface area contributed by atoms with Crippen molar-refractivity contribution in [2.24, 2.45) is 0 Å². The third-order valence-corrected chi connectivity index (χ3v) is 6.69. The number of hydrogen-bond donors (Lipinski definition) is 1. The van der Waals surface area contributed by atoms with E-state index in [1.165, 1.54) is 26.4 Å². The molecule has 34 heavy (non-hydrogen) atoms. The molecule has 6 nitrogen and oxygen atoms in total. The fourth-order valence-electron chi connectivity index (χ4n) is 5.03. The van der Waals surface area contributed by atoms with Gasteiger partial charge in [-0.05, 0) is 52.9 Å². The number of carbonyl (C=O) groups is 2. The van der Waals surface area contributed by atoms with Crippen molar-refractivity contribution in [1.29, 1.82) is 0 Å². The third kappa shape index (κ3) is 3.67. The minimum absolute atomic E-state index is 0.127. The molecule has 0 bridgehead atoms. The maximum absolute atomic E-state index is 13.7. The zero-order chi connectivity index (χ0) is 23.8. The number of nitrogens with zero attached hydrogens (tertiary/aromatic N) is 1. The lowest BCUT2D eigenvalue weighted by atomic mass is 9.75. The number of ether oxygens (including phenoxy) is 2. The molecule has 0 aromatic heterocycles. The van der Waals surface area contributed by atoms with Gasteiger partial charge in [-0.1, -0.05) is 36.4 Å². The second-order valence-corrected chi connectivity index (χ2v) is 8.51. The third-order valence-electron chi connectivity index (χ3n) is 6.69. The first-order valence-electron chi connectivity index (χ1n) is 11.2. The van der Waals surface area contributed by atoms with E-state index in [4.69, 9.17) is 9.47 Å². The van der Waals surface area contributed by atoms with Crippen LogP contribution >= 0.6 is 0 Å². The fourth-order valence-corrected chi connectivity index (χ4v) is 5.03. The van der Waals surface area contributed by atoms with Crippen LogP contribution in [0.4, 0.5) is 4.39 Å². The van der Waals surface area contributed by atoms with Crippen LogP contribution in [0.2, 0.25) is 0 Å². The minimum Gasteiger partial charge on any atom is -0.493 e. The number of nitrogens with one attached hydrogen (secondary N) is 1. The largest absolute Gasteiger partial charge is 0.493 e. The highest BCUT2D eigenvalue weighted by Crippen LogP contribution is 2.48. The number of methoxy groups -OCH3 is 2. The fraction of sp³-hybridized carbons (Fsp3) is 0.259. The van der Waals surface area contributed by atoms with Crippen molar-refractivity contribution in [2.45, 2.75) is 24.9 Å². The monoisotopic (exact) mass is 460 g/mol. The number of benzene rings is 3. The number of carbonyl (C=O) groups excluding carboxylic acids is 2. The molecule has 3 aromatic carbocycles. The predicted octanol–water partition coefficient (Wildman–Crippen LogP) is 4.00. The molecule has 2 aliphatic rings. The van der Waals surface area contributed by atoms with Crippen LogP contribution in [-0.2, 0) is 17.8 Å². The van der Waals surface area contributed by atoms with Crippen molar-refractivity contribution >= 4 is 11.8 Å². The van der Waals surface area contributed by atoms with Gasteiger partial charge in [0.2, 0.25) is 5.91 Å². The Balaban J connectivity index is 1.60. The Labute approximate surface area is 197 Å². The van der Waals surface area contributed by atoms with Crippen molar-refractivity contribution < 1.29 is 23.5 Å². The summed E-state index contributed by atoms with van der Waals surface area (Å²) in [6.07, 6.45) is 0.727. The minimum atomic E-state index is -0.644. The van der Waals surface area contributed by atoms with E-state index in [1.807, 2.05) is 18.2 Å². The van der Waals surface area contributed by atoms with Crippen LogP contribution in [-0.4, -0.2) is 37.5 Å². The standard InChI is InChI=1S/C27H25FN2O4/c1-33-22-13-20-21(14-23(22)34-2)27(32)30-12-11-17-5-3-4-6-19(17)25(30)24(20)26(31)29-15-16-7-9-18(28)10-8-16/h3-10,13-14,24-25H,11-12,15H2,1-2H3,(H,29,31). The first-order valence-corrected chi connectivity index (χ1v) is 11.2. The number of halogens is 1. The molecule has 0 fully saturated rings. The van der Waals surface area contributed by atoms with Crippen LogP contribution in [0.3, 0.4) is 0 Å². The molecule has 0 radical (unpaired) electrons. The molecule has 2 aliphatic heterocycles. The average molecular weight is 461 g/mol. The second kappa shape index (κ2) is 8.82. The molecule has 0 saturated carbocycles. The predicted molar refractivity (Wildman–Crippen MR) is 124 cm³/mol. The molecule has 5 rings (SSSR count). The molecule has 7 heteroatoms. The van der Waals surface area contributed by atoms with Crippen LogP contribution in [0.1, 0.15) is 44.6 Å². The first kappa shape index (κ1) is 21.9. The summed E-state index contributed by atoms with van der Waals surface area (Å²) in [5.74, 6) is -0.409. The molecule has 3 aromatic rings. The van der Waals surface area contributed by atoms with Gasteiger partial charge < -0.3 is 19.7 Å². The van der Waals surface area contributed by atoms with E-state index in [2.05, 4.69) is 11.4 Å². The van der Waals surface area contributed by atoms with Gasteiger partial charge in [0.15, 0.2) is 11.5 Å². The Hall–Kier alpha value is -3.87. The second-order valence-electron chi connectivity index (χ2n) is 8.51. The summed E-state index contributed by atoms with van der Waals surface area (Å²) in [6, 6.07) is 16.9. The van der Waals surface area contributed by atoms with E-state index >= 15 is 0 Å². The van der Waals surface area contributed by atoms with E-state index in [0.717, 1.165) is 23.1 Å². The van der Waals surface area contributed by atoms with Crippen LogP contribution < -0.4 is 14.8 Å². The average Bonchev–Trinajstić information content (AvgIpc) is 2.87. The molecule has 174 valence electrons. The normalized spacial score (nSPS) is 18.4. The van der Waals surface area contributed by atoms with E-state index in [0.29, 0.717) is 29.2 Å². The molecule has 2 unspecified atom stereocenters. The van der Waals surface area contributed by atoms with E-state index in [9.17, 15) is 14.0 Å². The maximum Gasteiger partial charge on any atom is 0.254 e. The number of hydrogen-bond acceptors (Lipinski definition) is 4. The molecule has 1 N–H and O–H groups in total. The van der Waals surface area contributed by atoms with Crippen molar-refractivity contribution in [1.82, 2.24) is 10.2 Å². The Morgan fingerprint density at radius 2 is 1.74 bits per heavy atom. The van der Waals surface area contributed by atoms with Crippen molar-refractivity contribution in [3.8, 4) is 11.5 Å². The van der Waals surface area contributed by atoms with Gasteiger partial charge in [0, 0.05) is 18.7 Å². The summed E-state index contributed by atoms with van der Waals surface area (Å²) in [6.45, 7) is 0.774. The van der Waals surface area contributed by atoms with Gasteiger partial charge >= 0.3 is 0 Å². The van der Waals surface area contributed by atoms with Crippen LogP contribution in [0.15, 0.2) is 60.7 Å². The number of fused-ring (bicyclic) bond motifs is 4. The lowest BCUT2D eigenvalue weighted by Crippen LogP contribution is -2.50. The first-order chi connectivity index (χ1) is 16.5. The molecule has 0 aliphatic carbocycles. The number of rotatable bonds is 5. The Kier molecular flexibility index (Phi) is 5.69. The Bertz CT molecular complexity index is 1260.